The van der Waals surface area contributed by atoms with Crippen molar-refractivity contribution in [3.05, 3.63) is 68.1 Å². The van der Waals surface area contributed by atoms with Crippen LogP contribution in [0.3, 0.4) is 0 Å². The summed E-state index contributed by atoms with van der Waals surface area (Å²) in [6.45, 7) is 8.27. The minimum absolute atomic E-state index is 0.0266. The maximum Gasteiger partial charge on any atom is 0.332 e. The van der Waals surface area contributed by atoms with Gasteiger partial charge in [0.25, 0.3) is 5.56 Å². The summed E-state index contributed by atoms with van der Waals surface area (Å²) in [5.41, 5.74) is 8.04. The molecule has 0 saturated heterocycles. The van der Waals surface area contributed by atoms with E-state index >= 15 is 0 Å². The van der Waals surface area contributed by atoms with E-state index in [2.05, 4.69) is 11.1 Å². The van der Waals surface area contributed by atoms with E-state index in [1.54, 1.807) is 6.20 Å². The molecule has 31 heavy (non-hydrogen) atoms. The van der Waals surface area contributed by atoms with Crippen LogP contribution < -0.4 is 17.0 Å². The lowest BCUT2D eigenvalue weighted by Crippen LogP contribution is -2.43. The summed E-state index contributed by atoms with van der Waals surface area (Å²) < 4.78 is 4.12. The van der Waals surface area contributed by atoms with Crippen LogP contribution in [-0.2, 0) is 13.6 Å². The van der Waals surface area contributed by atoms with E-state index in [0.29, 0.717) is 11.7 Å². The van der Waals surface area contributed by atoms with Gasteiger partial charge < -0.3 is 5.73 Å². The van der Waals surface area contributed by atoms with Crippen LogP contribution in [-0.4, -0.2) is 30.2 Å². The molecule has 0 fully saturated rings. The summed E-state index contributed by atoms with van der Waals surface area (Å²) in [6.07, 6.45) is 3.49. The summed E-state index contributed by atoms with van der Waals surface area (Å²) in [6, 6.07) is 6.08. The number of nitrogen functional groups attached to an aromatic ring is 1. The Morgan fingerprint density at radius 2 is 1.90 bits per heavy atom. The highest BCUT2D eigenvalue weighted by molar-refractivity contribution is 7.99. The molecule has 0 radical (unpaired) electrons. The first-order valence-corrected chi connectivity index (χ1v) is 11.0. The Morgan fingerprint density at radius 3 is 2.55 bits per heavy atom. The fourth-order valence-electron chi connectivity index (χ4n) is 3.26. The van der Waals surface area contributed by atoms with Gasteiger partial charge in [0.05, 0.1) is 5.75 Å². The van der Waals surface area contributed by atoms with Gasteiger partial charge in [-0.3, -0.25) is 23.3 Å². The number of benzene rings is 1. The smallest absolute Gasteiger partial charge is 0.332 e. The van der Waals surface area contributed by atoms with Gasteiger partial charge >= 0.3 is 5.69 Å². The van der Waals surface area contributed by atoms with Crippen molar-refractivity contribution in [2.45, 2.75) is 39.4 Å². The molecule has 0 saturated carbocycles. The number of Topliss-reactive ketones (excluding diaryl/α,β-unsaturated/α-hetero) is 1. The molecule has 1 aromatic carbocycles. The molecule has 0 aliphatic carbocycles. The predicted molar refractivity (Wildman–Crippen MR) is 123 cm³/mol. The molecule has 0 aliphatic heterocycles. The zero-order valence-electron chi connectivity index (χ0n) is 18.4. The van der Waals surface area contributed by atoms with Gasteiger partial charge in [-0.2, -0.15) is 0 Å². The molecular weight excluding hydrogens is 414 g/mol. The lowest BCUT2D eigenvalue weighted by Gasteiger charge is -2.16. The van der Waals surface area contributed by atoms with Crippen LogP contribution in [0.1, 0.15) is 35.3 Å². The topological polar surface area (TPSA) is 105 Å². The fraction of sp³-hybridized carbons (Fsp3) is 0.364. The molecule has 2 aromatic heterocycles. The van der Waals surface area contributed by atoms with E-state index < -0.39 is 17.0 Å². The first kappa shape index (κ1) is 22.6. The number of nitrogens with zero attached hydrogens (tertiary/aromatic N) is 4. The molecule has 0 unspecified atom stereocenters. The zero-order valence-corrected chi connectivity index (χ0v) is 19.2. The molecule has 3 aromatic rings. The van der Waals surface area contributed by atoms with Crippen LogP contribution in [0.5, 0.6) is 0 Å². The second-order valence-electron chi connectivity index (χ2n) is 7.97. The van der Waals surface area contributed by atoms with Crippen LogP contribution in [0.4, 0.5) is 5.82 Å². The monoisotopic (exact) mass is 441 g/mol. The van der Waals surface area contributed by atoms with E-state index in [9.17, 15) is 14.4 Å². The molecule has 0 spiro atoms. The molecule has 0 bridgehead atoms. The Morgan fingerprint density at radius 1 is 1.19 bits per heavy atom. The minimum atomic E-state index is -0.675. The molecule has 3 rings (SSSR count). The highest BCUT2D eigenvalue weighted by Crippen LogP contribution is 2.23. The van der Waals surface area contributed by atoms with Crippen LogP contribution in [0.2, 0.25) is 0 Å². The van der Waals surface area contributed by atoms with Gasteiger partial charge in [0.2, 0.25) is 0 Å². The van der Waals surface area contributed by atoms with Crippen molar-refractivity contribution >= 4 is 23.4 Å². The van der Waals surface area contributed by atoms with Crippen LogP contribution in [0.25, 0.3) is 5.69 Å². The predicted octanol–water partition coefficient (Wildman–Crippen LogP) is 2.56. The first-order valence-electron chi connectivity index (χ1n) is 9.98. The van der Waals surface area contributed by atoms with Crippen molar-refractivity contribution in [1.82, 2.24) is 18.7 Å². The van der Waals surface area contributed by atoms with Gasteiger partial charge in [-0.05, 0) is 43.0 Å². The first-order chi connectivity index (χ1) is 14.6. The summed E-state index contributed by atoms with van der Waals surface area (Å²) in [7, 11) is 1.36. The lowest BCUT2D eigenvalue weighted by atomic mass is 10.1. The van der Waals surface area contributed by atoms with Crippen LogP contribution in [0.15, 0.2) is 45.3 Å². The van der Waals surface area contributed by atoms with Crippen molar-refractivity contribution in [3.63, 3.8) is 0 Å². The minimum Gasteiger partial charge on any atom is -0.384 e. The summed E-state index contributed by atoms with van der Waals surface area (Å²) >= 11 is 1.22. The van der Waals surface area contributed by atoms with E-state index in [1.165, 1.54) is 28.9 Å². The largest absolute Gasteiger partial charge is 0.384 e. The average Bonchev–Trinajstić information content (AvgIpc) is 3.19. The number of anilines is 1. The molecule has 0 amide bonds. The molecule has 9 heteroatoms. The van der Waals surface area contributed by atoms with Gasteiger partial charge in [-0.1, -0.05) is 31.7 Å². The lowest BCUT2D eigenvalue weighted by molar-refractivity contribution is 0.102. The molecule has 0 atom stereocenters. The van der Waals surface area contributed by atoms with Gasteiger partial charge in [-0.15, -0.1) is 0 Å². The molecule has 0 aliphatic rings. The quantitative estimate of drug-likeness (QED) is 0.446. The number of aromatic nitrogens is 4. The standard InChI is InChI=1S/C22H27N5O3S/c1-13(2)11-27-19(23)18(20(29)25(5)22(27)30)17(28)12-31-21-24-8-9-26(21)16-7-6-14(3)15(4)10-16/h6-10,13H,11-12,23H2,1-5H3. The third-order valence-electron chi connectivity index (χ3n) is 5.12. The Balaban J connectivity index is 1.90. The number of hydrogen-bond acceptors (Lipinski definition) is 6. The maximum absolute atomic E-state index is 13.0. The highest BCUT2D eigenvalue weighted by atomic mass is 32.2. The molecule has 8 nitrogen and oxygen atoms in total. The van der Waals surface area contributed by atoms with Crippen molar-refractivity contribution in [3.8, 4) is 5.69 Å². The number of thioether (sulfide) groups is 1. The van der Waals surface area contributed by atoms with Crippen molar-refractivity contribution in [2.75, 3.05) is 11.5 Å². The summed E-state index contributed by atoms with van der Waals surface area (Å²) in [5, 5.41) is 0.627. The van der Waals surface area contributed by atoms with Crippen molar-refractivity contribution in [2.24, 2.45) is 13.0 Å². The van der Waals surface area contributed by atoms with E-state index in [1.807, 2.05) is 50.6 Å². The van der Waals surface area contributed by atoms with Crippen LogP contribution >= 0.6 is 11.8 Å². The van der Waals surface area contributed by atoms with Crippen molar-refractivity contribution in [1.29, 1.82) is 0 Å². The Kier molecular flexibility index (Phi) is 6.54. The van der Waals surface area contributed by atoms with Gasteiger partial charge in [0.15, 0.2) is 10.9 Å². The van der Waals surface area contributed by atoms with Crippen molar-refractivity contribution < 1.29 is 4.79 Å². The number of rotatable bonds is 7. The van der Waals surface area contributed by atoms with E-state index in [0.717, 1.165) is 15.8 Å². The Bertz CT molecular complexity index is 1250. The zero-order chi connectivity index (χ0) is 22.9. The molecule has 2 N–H and O–H groups in total. The Labute approximate surface area is 184 Å². The van der Waals surface area contributed by atoms with Gasteiger partial charge in [0.1, 0.15) is 11.4 Å². The second-order valence-corrected chi connectivity index (χ2v) is 8.91. The summed E-state index contributed by atoms with van der Waals surface area (Å²) in [4.78, 5) is 42.4. The van der Waals surface area contributed by atoms with E-state index in [4.69, 9.17) is 5.73 Å². The second kappa shape index (κ2) is 8.97. The number of ketones is 1. The number of carbonyl (C=O) groups is 1. The highest BCUT2D eigenvalue weighted by Gasteiger charge is 2.22. The molecule has 164 valence electrons. The Hall–Kier alpha value is -3.07. The average molecular weight is 442 g/mol. The normalized spacial score (nSPS) is 11.3. The molecule has 2 heterocycles. The number of hydrogen-bond donors (Lipinski definition) is 1. The number of imidazole rings is 1. The van der Waals surface area contributed by atoms with E-state index in [-0.39, 0.29) is 23.1 Å². The number of nitrogens with two attached hydrogens (primary N) is 1. The fourth-order valence-corrected chi connectivity index (χ4v) is 4.10. The summed E-state index contributed by atoms with van der Waals surface area (Å²) in [5.74, 6) is -0.415. The van der Waals surface area contributed by atoms with Crippen LogP contribution in [0, 0.1) is 19.8 Å². The van der Waals surface area contributed by atoms with Gasteiger partial charge in [0, 0.05) is 31.7 Å². The maximum atomic E-state index is 13.0. The third-order valence-corrected chi connectivity index (χ3v) is 6.08. The number of carbonyl (C=O) groups excluding carboxylic acids is 1. The third kappa shape index (κ3) is 4.51. The SMILES string of the molecule is Cc1ccc(-n2ccnc2SCC(=O)c2c(N)n(CC(C)C)c(=O)n(C)c2=O)cc1C. The molecular formula is C22H27N5O3S. The number of aryl methyl sites for hydroxylation is 2. The van der Waals surface area contributed by atoms with Gasteiger partial charge in [-0.25, -0.2) is 9.78 Å².